The molecule has 1 fully saturated rings. The first-order valence-electron chi connectivity index (χ1n) is 5.43. The number of hydrogen-bond acceptors (Lipinski definition) is 5. The van der Waals surface area contributed by atoms with E-state index < -0.39 is 5.79 Å². The maximum Gasteiger partial charge on any atom is 0.203 e. The second-order valence-electron chi connectivity index (χ2n) is 4.11. The predicted molar refractivity (Wildman–Crippen MR) is 66.4 cm³/mol. The molecule has 1 aromatic rings. The van der Waals surface area contributed by atoms with Crippen molar-refractivity contribution in [2.45, 2.75) is 5.79 Å². The summed E-state index contributed by atoms with van der Waals surface area (Å²) < 4.78 is 16.0. The van der Waals surface area contributed by atoms with Crippen LogP contribution in [0.2, 0.25) is 0 Å². The Kier molecular flexibility index (Phi) is 3.13. The molecule has 0 aliphatic carbocycles. The molecule has 94 valence electrons. The fourth-order valence-electron chi connectivity index (χ4n) is 2.00. The summed E-state index contributed by atoms with van der Waals surface area (Å²) >= 11 is 0. The minimum absolute atomic E-state index is 0.494. The topological polar surface area (TPSA) is 57.0 Å². The zero-order valence-corrected chi connectivity index (χ0v) is 10.4. The van der Waals surface area contributed by atoms with Crippen molar-refractivity contribution in [3.63, 3.8) is 0 Å². The van der Waals surface area contributed by atoms with Crippen LogP contribution in [0.1, 0.15) is 0 Å². The van der Waals surface area contributed by atoms with Crippen LogP contribution in [0.3, 0.4) is 0 Å². The van der Waals surface area contributed by atoms with E-state index in [1.165, 1.54) is 0 Å². The lowest BCUT2D eigenvalue weighted by molar-refractivity contribution is -0.219. The van der Waals surface area contributed by atoms with Crippen molar-refractivity contribution in [1.82, 2.24) is 0 Å². The van der Waals surface area contributed by atoms with Crippen molar-refractivity contribution >= 4 is 11.4 Å². The standard InChI is InChI=1S/C12H18N2O3/c1-15-11-6-9(13)4-5-10(11)14-7-12(8-14,16-2)17-3/h4-6H,7-8,13H2,1-3H3. The summed E-state index contributed by atoms with van der Waals surface area (Å²) in [5, 5.41) is 0. The Labute approximate surface area is 101 Å². The van der Waals surface area contributed by atoms with Gasteiger partial charge in [0.15, 0.2) is 0 Å². The SMILES string of the molecule is COc1cc(N)ccc1N1CC(OC)(OC)C1. The van der Waals surface area contributed by atoms with Crippen LogP contribution in [0.15, 0.2) is 18.2 Å². The molecular formula is C12H18N2O3. The van der Waals surface area contributed by atoms with Crippen molar-refractivity contribution in [2.24, 2.45) is 0 Å². The third kappa shape index (κ3) is 2.03. The Morgan fingerprint density at radius 1 is 1.18 bits per heavy atom. The van der Waals surface area contributed by atoms with Crippen molar-refractivity contribution in [1.29, 1.82) is 0 Å². The second-order valence-corrected chi connectivity index (χ2v) is 4.11. The molecule has 0 aromatic heterocycles. The maximum absolute atomic E-state index is 5.72. The smallest absolute Gasteiger partial charge is 0.203 e. The molecule has 0 unspecified atom stereocenters. The average molecular weight is 238 g/mol. The minimum Gasteiger partial charge on any atom is -0.495 e. The van der Waals surface area contributed by atoms with Gasteiger partial charge in [0.2, 0.25) is 5.79 Å². The van der Waals surface area contributed by atoms with Gasteiger partial charge in [0.25, 0.3) is 0 Å². The zero-order chi connectivity index (χ0) is 12.5. The van der Waals surface area contributed by atoms with Gasteiger partial charge in [-0.25, -0.2) is 0 Å². The third-order valence-corrected chi connectivity index (χ3v) is 3.15. The molecule has 2 N–H and O–H groups in total. The number of rotatable bonds is 4. The largest absolute Gasteiger partial charge is 0.495 e. The Morgan fingerprint density at radius 2 is 1.82 bits per heavy atom. The van der Waals surface area contributed by atoms with Crippen LogP contribution in [0.4, 0.5) is 11.4 Å². The molecule has 2 rings (SSSR count). The molecule has 17 heavy (non-hydrogen) atoms. The molecule has 1 heterocycles. The van der Waals surface area contributed by atoms with E-state index >= 15 is 0 Å². The van der Waals surface area contributed by atoms with E-state index in [2.05, 4.69) is 4.90 Å². The summed E-state index contributed by atoms with van der Waals surface area (Å²) in [6.45, 7) is 1.36. The quantitative estimate of drug-likeness (QED) is 0.628. The van der Waals surface area contributed by atoms with Crippen LogP contribution in [-0.2, 0) is 9.47 Å². The molecule has 0 radical (unpaired) electrons. The normalized spacial score (nSPS) is 17.7. The van der Waals surface area contributed by atoms with Gasteiger partial charge in [0.1, 0.15) is 5.75 Å². The summed E-state index contributed by atoms with van der Waals surface area (Å²) in [5.41, 5.74) is 7.42. The molecule has 5 nitrogen and oxygen atoms in total. The van der Waals surface area contributed by atoms with Gasteiger partial charge in [-0.2, -0.15) is 0 Å². The molecule has 1 saturated heterocycles. The summed E-state index contributed by atoms with van der Waals surface area (Å²) in [7, 11) is 4.94. The first-order chi connectivity index (χ1) is 8.14. The van der Waals surface area contributed by atoms with Gasteiger partial charge in [-0.1, -0.05) is 0 Å². The van der Waals surface area contributed by atoms with Crippen LogP contribution in [0, 0.1) is 0 Å². The molecule has 0 atom stereocenters. The van der Waals surface area contributed by atoms with Crippen molar-refractivity contribution < 1.29 is 14.2 Å². The van der Waals surface area contributed by atoms with Crippen LogP contribution in [0.25, 0.3) is 0 Å². The Balaban J connectivity index is 2.16. The van der Waals surface area contributed by atoms with Crippen LogP contribution >= 0.6 is 0 Å². The summed E-state index contributed by atoms with van der Waals surface area (Å²) in [6, 6.07) is 5.62. The highest BCUT2D eigenvalue weighted by Gasteiger charge is 2.44. The Morgan fingerprint density at radius 3 is 2.35 bits per heavy atom. The van der Waals surface area contributed by atoms with Gasteiger partial charge < -0.3 is 24.8 Å². The number of methoxy groups -OCH3 is 3. The van der Waals surface area contributed by atoms with Gasteiger partial charge in [0.05, 0.1) is 25.9 Å². The van der Waals surface area contributed by atoms with Crippen LogP contribution in [0.5, 0.6) is 5.75 Å². The molecule has 0 amide bonds. The summed E-state index contributed by atoms with van der Waals surface area (Å²) in [6.07, 6.45) is 0. The zero-order valence-electron chi connectivity index (χ0n) is 10.4. The molecule has 0 saturated carbocycles. The lowest BCUT2D eigenvalue weighted by Gasteiger charge is -2.48. The van der Waals surface area contributed by atoms with E-state index in [1.807, 2.05) is 18.2 Å². The van der Waals surface area contributed by atoms with E-state index in [9.17, 15) is 0 Å². The summed E-state index contributed by atoms with van der Waals surface area (Å²) in [5.74, 6) is 0.276. The fourth-order valence-corrected chi connectivity index (χ4v) is 2.00. The number of benzene rings is 1. The molecule has 1 aliphatic rings. The Hall–Kier alpha value is -1.46. The fraction of sp³-hybridized carbons (Fsp3) is 0.500. The van der Waals surface area contributed by atoms with Crippen molar-refractivity contribution in [3.8, 4) is 5.75 Å². The van der Waals surface area contributed by atoms with Gasteiger partial charge in [-0.05, 0) is 12.1 Å². The number of ether oxygens (including phenoxy) is 3. The highest BCUT2D eigenvalue weighted by atomic mass is 16.7. The highest BCUT2D eigenvalue weighted by molar-refractivity contribution is 5.65. The molecule has 1 aromatic carbocycles. The lowest BCUT2D eigenvalue weighted by Crippen LogP contribution is -2.64. The van der Waals surface area contributed by atoms with Gasteiger partial charge >= 0.3 is 0 Å². The van der Waals surface area contributed by atoms with E-state index in [1.54, 1.807) is 21.3 Å². The van der Waals surface area contributed by atoms with Gasteiger partial charge in [-0.3, -0.25) is 0 Å². The highest BCUT2D eigenvalue weighted by Crippen LogP contribution is 2.37. The first-order valence-corrected chi connectivity index (χ1v) is 5.43. The number of nitrogens with zero attached hydrogens (tertiary/aromatic N) is 1. The van der Waals surface area contributed by atoms with E-state index in [-0.39, 0.29) is 0 Å². The Bertz CT molecular complexity index is 397. The van der Waals surface area contributed by atoms with Gasteiger partial charge in [-0.15, -0.1) is 0 Å². The molecule has 5 heteroatoms. The minimum atomic E-state index is -0.494. The number of anilines is 2. The van der Waals surface area contributed by atoms with E-state index in [0.29, 0.717) is 18.8 Å². The van der Waals surface area contributed by atoms with E-state index in [4.69, 9.17) is 19.9 Å². The van der Waals surface area contributed by atoms with Crippen LogP contribution in [-0.4, -0.2) is 40.2 Å². The molecule has 1 aliphatic heterocycles. The monoisotopic (exact) mass is 238 g/mol. The van der Waals surface area contributed by atoms with Crippen molar-refractivity contribution in [2.75, 3.05) is 45.1 Å². The number of nitrogen functional groups attached to an aromatic ring is 1. The predicted octanol–water partition coefficient (Wildman–Crippen LogP) is 1.09. The maximum atomic E-state index is 5.72. The summed E-state index contributed by atoms with van der Waals surface area (Å²) in [4.78, 5) is 2.13. The molecular weight excluding hydrogens is 220 g/mol. The second kappa shape index (κ2) is 4.43. The number of hydrogen-bond donors (Lipinski definition) is 1. The molecule has 0 bridgehead atoms. The van der Waals surface area contributed by atoms with Crippen LogP contribution < -0.4 is 15.4 Å². The third-order valence-electron chi connectivity index (χ3n) is 3.15. The average Bonchev–Trinajstić information content (AvgIpc) is 2.30. The number of nitrogens with two attached hydrogens (primary N) is 1. The lowest BCUT2D eigenvalue weighted by atomic mass is 10.1. The van der Waals surface area contributed by atoms with E-state index in [0.717, 1.165) is 11.4 Å². The van der Waals surface area contributed by atoms with Crippen molar-refractivity contribution in [3.05, 3.63) is 18.2 Å². The first kappa shape index (κ1) is 12.0. The molecule has 0 spiro atoms. The van der Waals surface area contributed by atoms with Gasteiger partial charge in [0, 0.05) is 26.0 Å².